The van der Waals surface area contributed by atoms with Gasteiger partial charge in [0.05, 0.1) is 19.3 Å². The van der Waals surface area contributed by atoms with Crippen LogP contribution in [0.3, 0.4) is 0 Å². The minimum absolute atomic E-state index is 0.0936. The molecule has 0 unspecified atom stereocenters. The molecule has 152 valence electrons. The van der Waals surface area contributed by atoms with E-state index >= 15 is 0 Å². The van der Waals surface area contributed by atoms with Gasteiger partial charge in [-0.25, -0.2) is 4.68 Å². The monoisotopic (exact) mass is 412 g/mol. The highest BCUT2D eigenvalue weighted by Crippen LogP contribution is 2.27. The van der Waals surface area contributed by atoms with Crippen LogP contribution < -0.4 is 5.32 Å². The average molecular weight is 413 g/mol. The summed E-state index contributed by atoms with van der Waals surface area (Å²) >= 11 is 1.70. The van der Waals surface area contributed by atoms with Gasteiger partial charge < -0.3 is 10.1 Å². The second-order valence-corrected chi connectivity index (χ2v) is 7.87. The summed E-state index contributed by atoms with van der Waals surface area (Å²) in [6.45, 7) is 3.63. The fourth-order valence-electron chi connectivity index (χ4n) is 3.49. The molecule has 1 aromatic carbocycles. The Hall–Kier alpha value is -2.62. The number of hydrogen-bond donors (Lipinski definition) is 1. The van der Waals surface area contributed by atoms with Crippen LogP contribution in [0, 0.1) is 0 Å². The van der Waals surface area contributed by atoms with E-state index in [0.29, 0.717) is 25.6 Å². The lowest BCUT2D eigenvalue weighted by molar-refractivity contribution is -0.121. The van der Waals surface area contributed by atoms with E-state index < -0.39 is 0 Å². The molecule has 0 spiro atoms. The topological polar surface area (TPSA) is 85.2 Å². The van der Waals surface area contributed by atoms with Crippen molar-refractivity contribution >= 4 is 17.2 Å². The zero-order valence-corrected chi connectivity index (χ0v) is 16.9. The molecule has 1 amide bonds. The Balaban J connectivity index is 1.47. The van der Waals surface area contributed by atoms with E-state index in [0.717, 1.165) is 25.1 Å². The van der Waals surface area contributed by atoms with E-state index in [1.165, 1.54) is 4.88 Å². The number of hydrogen-bond acceptors (Lipinski definition) is 7. The molecule has 1 N–H and O–H groups in total. The van der Waals surface area contributed by atoms with Gasteiger partial charge in [-0.15, -0.1) is 16.4 Å². The van der Waals surface area contributed by atoms with Gasteiger partial charge in [0.15, 0.2) is 5.82 Å². The van der Waals surface area contributed by atoms with Crippen molar-refractivity contribution in [2.24, 2.45) is 0 Å². The van der Waals surface area contributed by atoms with Crippen LogP contribution in [0.5, 0.6) is 0 Å². The lowest BCUT2D eigenvalue weighted by atomic mass is 10.0. The summed E-state index contributed by atoms with van der Waals surface area (Å²) in [6.07, 6.45) is 0.826. The highest BCUT2D eigenvalue weighted by Gasteiger charge is 2.29. The van der Waals surface area contributed by atoms with E-state index in [1.54, 1.807) is 16.0 Å². The summed E-state index contributed by atoms with van der Waals surface area (Å²) in [4.78, 5) is 16.0. The van der Waals surface area contributed by atoms with Crippen LogP contribution in [0.2, 0.25) is 0 Å². The number of morpholine rings is 1. The van der Waals surface area contributed by atoms with Crippen molar-refractivity contribution in [3.8, 4) is 0 Å². The number of ether oxygens (including phenoxy) is 1. The molecular weight excluding hydrogens is 388 g/mol. The maximum atomic E-state index is 12.5. The maximum absolute atomic E-state index is 12.5. The Morgan fingerprint density at radius 1 is 1.17 bits per heavy atom. The molecular formula is C20H24N6O2S. The number of benzene rings is 1. The maximum Gasteiger partial charge on any atom is 0.241 e. The number of amides is 1. The van der Waals surface area contributed by atoms with Gasteiger partial charge >= 0.3 is 0 Å². The molecule has 1 saturated heterocycles. The normalized spacial score (nSPS) is 15.9. The fourth-order valence-corrected chi connectivity index (χ4v) is 4.20. The predicted octanol–water partition coefficient (Wildman–Crippen LogP) is 1.52. The lowest BCUT2D eigenvalue weighted by Gasteiger charge is -2.33. The molecule has 1 aliphatic rings. The molecule has 9 heteroatoms. The van der Waals surface area contributed by atoms with E-state index in [1.807, 2.05) is 29.6 Å². The second-order valence-electron chi connectivity index (χ2n) is 6.84. The summed E-state index contributed by atoms with van der Waals surface area (Å²) < 4.78 is 7.11. The van der Waals surface area contributed by atoms with Gasteiger partial charge in [0, 0.05) is 24.5 Å². The average Bonchev–Trinajstić information content (AvgIpc) is 3.43. The third kappa shape index (κ3) is 5.06. The number of nitrogens with one attached hydrogen (secondary N) is 1. The number of tetrazole rings is 1. The van der Waals surface area contributed by atoms with E-state index in [9.17, 15) is 4.79 Å². The molecule has 8 nitrogen and oxygen atoms in total. The largest absolute Gasteiger partial charge is 0.379 e. The van der Waals surface area contributed by atoms with Crippen molar-refractivity contribution in [1.29, 1.82) is 0 Å². The number of aromatic nitrogens is 4. The van der Waals surface area contributed by atoms with Crippen molar-refractivity contribution in [2.45, 2.75) is 19.0 Å². The Labute approximate surface area is 173 Å². The van der Waals surface area contributed by atoms with Crippen LogP contribution in [0.25, 0.3) is 0 Å². The molecule has 29 heavy (non-hydrogen) atoms. The van der Waals surface area contributed by atoms with Crippen molar-refractivity contribution in [2.75, 3.05) is 32.8 Å². The van der Waals surface area contributed by atoms with Crippen molar-refractivity contribution < 1.29 is 9.53 Å². The van der Waals surface area contributed by atoms with Crippen LogP contribution in [0.15, 0.2) is 47.8 Å². The van der Waals surface area contributed by atoms with Gasteiger partial charge in [0.2, 0.25) is 5.91 Å². The van der Waals surface area contributed by atoms with Crippen LogP contribution in [0.4, 0.5) is 0 Å². The summed E-state index contributed by atoms with van der Waals surface area (Å²) in [5.74, 6) is 0.579. The molecule has 3 heterocycles. The highest BCUT2D eigenvalue weighted by molar-refractivity contribution is 7.09. The van der Waals surface area contributed by atoms with Gasteiger partial charge in [-0.05, 0) is 33.9 Å². The third-order valence-electron chi connectivity index (χ3n) is 4.90. The molecule has 2 aromatic heterocycles. The lowest BCUT2D eigenvalue weighted by Crippen LogP contribution is -2.41. The first kappa shape index (κ1) is 19.7. The standard InChI is InChI=1S/C20H24N6O2S/c27-18(21-9-8-17-7-4-14-29-17)15-26-20(22-23-24-26)19(16-5-2-1-3-6-16)25-10-12-28-13-11-25/h1-7,14,19H,8-13,15H2,(H,21,27)/t19-/m0/s1. The van der Waals surface area contributed by atoms with E-state index in [4.69, 9.17) is 4.74 Å². The van der Waals surface area contributed by atoms with Crippen LogP contribution in [0.1, 0.15) is 22.3 Å². The van der Waals surface area contributed by atoms with Crippen molar-refractivity contribution in [3.05, 3.63) is 64.1 Å². The number of nitrogens with zero attached hydrogens (tertiary/aromatic N) is 5. The first-order valence-electron chi connectivity index (χ1n) is 9.73. The highest BCUT2D eigenvalue weighted by atomic mass is 32.1. The smallest absolute Gasteiger partial charge is 0.241 e. The van der Waals surface area contributed by atoms with Gasteiger partial charge in [-0.2, -0.15) is 0 Å². The fraction of sp³-hybridized carbons (Fsp3) is 0.400. The first-order chi connectivity index (χ1) is 14.3. The minimum Gasteiger partial charge on any atom is -0.379 e. The zero-order valence-electron chi connectivity index (χ0n) is 16.1. The predicted molar refractivity (Wildman–Crippen MR) is 110 cm³/mol. The Morgan fingerprint density at radius 3 is 2.76 bits per heavy atom. The Bertz CT molecular complexity index is 893. The van der Waals surface area contributed by atoms with Crippen LogP contribution >= 0.6 is 11.3 Å². The van der Waals surface area contributed by atoms with Gasteiger partial charge in [-0.3, -0.25) is 9.69 Å². The third-order valence-corrected chi connectivity index (χ3v) is 5.83. The molecule has 0 aliphatic carbocycles. The molecule has 4 rings (SSSR count). The van der Waals surface area contributed by atoms with Gasteiger partial charge in [0.1, 0.15) is 6.54 Å². The molecule has 0 bridgehead atoms. The van der Waals surface area contributed by atoms with Gasteiger partial charge in [0.25, 0.3) is 0 Å². The first-order valence-corrected chi connectivity index (χ1v) is 10.6. The molecule has 1 atom stereocenters. The van der Waals surface area contributed by atoms with Crippen LogP contribution in [-0.4, -0.2) is 63.9 Å². The molecule has 1 fully saturated rings. The quantitative estimate of drug-likeness (QED) is 0.604. The number of rotatable bonds is 8. The van der Waals surface area contributed by atoms with Crippen LogP contribution in [-0.2, 0) is 22.5 Å². The van der Waals surface area contributed by atoms with E-state index in [-0.39, 0.29) is 18.5 Å². The zero-order chi connectivity index (χ0) is 19.9. The van der Waals surface area contributed by atoms with Gasteiger partial charge in [-0.1, -0.05) is 36.4 Å². The molecule has 0 radical (unpaired) electrons. The number of thiophene rings is 1. The van der Waals surface area contributed by atoms with E-state index in [2.05, 4.69) is 43.9 Å². The SMILES string of the molecule is O=C(Cn1nnnc1[C@H](c1ccccc1)N1CCOCC1)NCCc1cccs1. The minimum atomic E-state index is -0.117. The van der Waals surface area contributed by atoms with Crippen molar-refractivity contribution in [1.82, 2.24) is 30.4 Å². The molecule has 1 aliphatic heterocycles. The summed E-state index contributed by atoms with van der Waals surface area (Å²) in [5, 5.41) is 17.2. The summed E-state index contributed by atoms with van der Waals surface area (Å²) in [6, 6.07) is 14.1. The molecule has 0 saturated carbocycles. The summed E-state index contributed by atoms with van der Waals surface area (Å²) in [5.41, 5.74) is 1.10. The Morgan fingerprint density at radius 2 is 2.00 bits per heavy atom. The Kier molecular flexibility index (Phi) is 6.60. The van der Waals surface area contributed by atoms with Crippen molar-refractivity contribution in [3.63, 3.8) is 0 Å². The number of carbonyl (C=O) groups excluding carboxylic acids is 1. The number of carbonyl (C=O) groups is 1. The molecule has 3 aromatic rings. The second kappa shape index (κ2) is 9.73. The summed E-state index contributed by atoms with van der Waals surface area (Å²) in [7, 11) is 0.